The summed E-state index contributed by atoms with van der Waals surface area (Å²) in [6.07, 6.45) is 3.26. The van der Waals surface area contributed by atoms with Crippen molar-refractivity contribution in [1.82, 2.24) is 10.2 Å². The van der Waals surface area contributed by atoms with E-state index in [9.17, 15) is 4.79 Å². The Kier molecular flexibility index (Phi) is 5.09. The maximum absolute atomic E-state index is 11.9. The van der Waals surface area contributed by atoms with Crippen LogP contribution in [0.5, 0.6) is 0 Å². The molecule has 0 bridgehead atoms. The second-order valence-electron chi connectivity index (χ2n) is 4.54. The van der Waals surface area contributed by atoms with Crippen molar-refractivity contribution in [2.75, 3.05) is 19.6 Å². The molecule has 1 aliphatic carbocycles. The fourth-order valence-electron chi connectivity index (χ4n) is 1.83. The Morgan fingerprint density at radius 2 is 2.13 bits per heavy atom. The van der Waals surface area contributed by atoms with Crippen LogP contribution in [0.15, 0.2) is 0 Å². The molecule has 0 saturated heterocycles. The molecule has 0 aromatic heterocycles. The van der Waals surface area contributed by atoms with Crippen molar-refractivity contribution in [2.45, 2.75) is 46.1 Å². The summed E-state index contributed by atoms with van der Waals surface area (Å²) in [5, 5.41) is 3.28. The first-order valence-electron chi connectivity index (χ1n) is 6.18. The Bertz CT molecular complexity index is 202. The van der Waals surface area contributed by atoms with E-state index in [1.165, 1.54) is 12.8 Å². The van der Waals surface area contributed by atoms with E-state index < -0.39 is 0 Å². The predicted octanol–water partition coefficient (Wildman–Crippen LogP) is 1.63. The highest BCUT2D eigenvalue weighted by Gasteiger charge is 2.26. The number of amides is 1. The van der Waals surface area contributed by atoms with Crippen molar-refractivity contribution in [3.05, 3.63) is 0 Å². The first-order chi connectivity index (χ1) is 7.17. The molecule has 0 aromatic rings. The Balaban J connectivity index is 2.27. The molecule has 1 saturated carbocycles. The van der Waals surface area contributed by atoms with Gasteiger partial charge in [-0.05, 0) is 39.2 Å². The highest BCUT2D eigenvalue weighted by atomic mass is 16.2. The van der Waals surface area contributed by atoms with E-state index in [0.29, 0.717) is 18.4 Å². The van der Waals surface area contributed by atoms with E-state index in [4.69, 9.17) is 0 Å². The van der Waals surface area contributed by atoms with Gasteiger partial charge in [0.1, 0.15) is 0 Å². The van der Waals surface area contributed by atoms with Gasteiger partial charge >= 0.3 is 0 Å². The van der Waals surface area contributed by atoms with Crippen LogP contribution in [0.4, 0.5) is 0 Å². The molecule has 1 rings (SSSR count). The molecule has 1 fully saturated rings. The Morgan fingerprint density at radius 1 is 1.47 bits per heavy atom. The van der Waals surface area contributed by atoms with Crippen molar-refractivity contribution < 1.29 is 4.79 Å². The standard InChI is InChI=1S/C12H24N2O/c1-4-13-10(3)8-12(15)14(5-2)9-11-6-7-11/h10-11,13H,4-9H2,1-3H3. The summed E-state index contributed by atoms with van der Waals surface area (Å²) in [6, 6.07) is 0.302. The Hall–Kier alpha value is -0.570. The van der Waals surface area contributed by atoms with Gasteiger partial charge in [-0.3, -0.25) is 4.79 Å². The van der Waals surface area contributed by atoms with Crippen LogP contribution < -0.4 is 5.32 Å². The summed E-state index contributed by atoms with van der Waals surface area (Å²) in [7, 11) is 0. The van der Waals surface area contributed by atoms with Gasteiger partial charge in [0, 0.05) is 25.6 Å². The number of nitrogens with zero attached hydrogens (tertiary/aromatic N) is 1. The molecule has 0 radical (unpaired) electrons. The van der Waals surface area contributed by atoms with Crippen LogP contribution in [-0.2, 0) is 4.79 Å². The van der Waals surface area contributed by atoms with Gasteiger partial charge in [-0.15, -0.1) is 0 Å². The molecule has 0 aromatic carbocycles. The Morgan fingerprint density at radius 3 is 2.60 bits per heavy atom. The minimum Gasteiger partial charge on any atom is -0.343 e. The molecule has 0 spiro atoms. The normalized spacial score (nSPS) is 17.5. The van der Waals surface area contributed by atoms with Crippen LogP contribution in [0, 0.1) is 5.92 Å². The van der Waals surface area contributed by atoms with Crippen LogP contribution in [0.1, 0.15) is 40.0 Å². The first-order valence-corrected chi connectivity index (χ1v) is 6.18. The van der Waals surface area contributed by atoms with Crippen LogP contribution in [0.2, 0.25) is 0 Å². The molecule has 15 heavy (non-hydrogen) atoms. The topological polar surface area (TPSA) is 32.3 Å². The van der Waals surface area contributed by atoms with Crippen LogP contribution in [-0.4, -0.2) is 36.5 Å². The van der Waals surface area contributed by atoms with Crippen LogP contribution in [0.25, 0.3) is 0 Å². The van der Waals surface area contributed by atoms with Crippen molar-refractivity contribution in [3.63, 3.8) is 0 Å². The molecular weight excluding hydrogens is 188 g/mol. The molecular formula is C12H24N2O. The fourth-order valence-corrected chi connectivity index (χ4v) is 1.83. The van der Waals surface area contributed by atoms with E-state index in [-0.39, 0.29) is 0 Å². The van der Waals surface area contributed by atoms with Gasteiger partial charge in [0.2, 0.25) is 5.91 Å². The monoisotopic (exact) mass is 212 g/mol. The lowest BCUT2D eigenvalue weighted by molar-refractivity contribution is -0.131. The van der Waals surface area contributed by atoms with Gasteiger partial charge in [-0.2, -0.15) is 0 Å². The summed E-state index contributed by atoms with van der Waals surface area (Å²) in [4.78, 5) is 13.9. The fraction of sp³-hybridized carbons (Fsp3) is 0.917. The summed E-state index contributed by atoms with van der Waals surface area (Å²) >= 11 is 0. The molecule has 88 valence electrons. The molecule has 1 aliphatic rings. The number of carbonyl (C=O) groups is 1. The zero-order valence-corrected chi connectivity index (χ0v) is 10.3. The second kappa shape index (κ2) is 6.11. The van der Waals surface area contributed by atoms with Crippen LogP contribution in [0.3, 0.4) is 0 Å². The number of hydrogen-bond acceptors (Lipinski definition) is 2. The average molecular weight is 212 g/mol. The molecule has 3 nitrogen and oxygen atoms in total. The van der Waals surface area contributed by atoms with Gasteiger partial charge in [-0.1, -0.05) is 6.92 Å². The summed E-state index contributed by atoms with van der Waals surface area (Å²) in [6.45, 7) is 8.98. The van der Waals surface area contributed by atoms with Gasteiger partial charge in [-0.25, -0.2) is 0 Å². The first kappa shape index (κ1) is 12.5. The van der Waals surface area contributed by atoms with Gasteiger partial charge in [0.25, 0.3) is 0 Å². The maximum Gasteiger partial charge on any atom is 0.224 e. The molecule has 1 amide bonds. The smallest absolute Gasteiger partial charge is 0.224 e. The van der Waals surface area contributed by atoms with Crippen molar-refractivity contribution in [1.29, 1.82) is 0 Å². The summed E-state index contributed by atoms with van der Waals surface area (Å²) in [5.41, 5.74) is 0. The van der Waals surface area contributed by atoms with E-state index in [1.54, 1.807) is 0 Å². The quantitative estimate of drug-likeness (QED) is 0.695. The largest absolute Gasteiger partial charge is 0.343 e. The van der Waals surface area contributed by atoms with E-state index in [1.807, 2.05) is 4.90 Å². The third kappa shape index (κ3) is 4.65. The molecule has 1 atom stereocenters. The number of rotatable bonds is 7. The zero-order valence-electron chi connectivity index (χ0n) is 10.3. The molecule has 0 aliphatic heterocycles. The van der Waals surface area contributed by atoms with E-state index >= 15 is 0 Å². The van der Waals surface area contributed by atoms with Gasteiger partial charge in [0.05, 0.1) is 0 Å². The summed E-state index contributed by atoms with van der Waals surface area (Å²) in [5.74, 6) is 1.10. The number of carbonyl (C=O) groups excluding carboxylic acids is 1. The van der Waals surface area contributed by atoms with Crippen LogP contribution >= 0.6 is 0 Å². The van der Waals surface area contributed by atoms with E-state index in [0.717, 1.165) is 25.6 Å². The van der Waals surface area contributed by atoms with Crippen molar-refractivity contribution >= 4 is 5.91 Å². The molecule has 1 N–H and O–H groups in total. The third-order valence-corrected chi connectivity index (χ3v) is 2.94. The minimum absolute atomic E-state index is 0.302. The lowest BCUT2D eigenvalue weighted by atomic mass is 10.2. The molecule has 0 heterocycles. The SMILES string of the molecule is CCNC(C)CC(=O)N(CC)CC1CC1. The Labute approximate surface area is 93.2 Å². The lowest BCUT2D eigenvalue weighted by Gasteiger charge is -2.22. The predicted molar refractivity (Wildman–Crippen MR) is 62.7 cm³/mol. The second-order valence-corrected chi connectivity index (χ2v) is 4.54. The van der Waals surface area contributed by atoms with Crippen molar-refractivity contribution in [3.8, 4) is 0 Å². The van der Waals surface area contributed by atoms with Gasteiger partial charge in [0.15, 0.2) is 0 Å². The zero-order chi connectivity index (χ0) is 11.3. The number of nitrogens with one attached hydrogen (secondary N) is 1. The molecule has 3 heteroatoms. The highest BCUT2D eigenvalue weighted by molar-refractivity contribution is 5.76. The van der Waals surface area contributed by atoms with Crippen molar-refractivity contribution in [2.24, 2.45) is 5.92 Å². The lowest BCUT2D eigenvalue weighted by Crippen LogP contribution is -2.37. The highest BCUT2D eigenvalue weighted by Crippen LogP contribution is 2.29. The number of hydrogen-bond donors (Lipinski definition) is 1. The van der Waals surface area contributed by atoms with E-state index in [2.05, 4.69) is 26.1 Å². The third-order valence-electron chi connectivity index (χ3n) is 2.94. The average Bonchev–Trinajstić information content (AvgIpc) is 2.97. The van der Waals surface area contributed by atoms with Gasteiger partial charge < -0.3 is 10.2 Å². The molecule has 1 unspecified atom stereocenters. The maximum atomic E-state index is 11.9. The summed E-state index contributed by atoms with van der Waals surface area (Å²) < 4.78 is 0. The minimum atomic E-state index is 0.302.